The van der Waals surface area contributed by atoms with Gasteiger partial charge in [0, 0.05) is 38.4 Å². The average molecular weight is 485 g/mol. The number of halogens is 1. The van der Waals surface area contributed by atoms with E-state index in [2.05, 4.69) is 15.5 Å². The fourth-order valence-electron chi connectivity index (χ4n) is 4.40. The smallest absolute Gasteiger partial charge is 0.338 e. The molecule has 1 fully saturated rings. The second-order valence-electron chi connectivity index (χ2n) is 8.29. The molecule has 1 unspecified atom stereocenters. The highest BCUT2D eigenvalue weighted by Gasteiger charge is 2.35. The molecule has 0 saturated carbocycles. The Kier molecular flexibility index (Phi) is 7.40. The molecule has 0 bridgehead atoms. The number of anilines is 1. The number of hydrogen-bond acceptors (Lipinski definition) is 7. The highest BCUT2D eigenvalue weighted by atomic mass is 19.1. The number of methoxy groups -OCH3 is 1. The molecule has 2 aromatic rings. The lowest BCUT2D eigenvalue weighted by atomic mass is 9.94. The van der Waals surface area contributed by atoms with E-state index in [1.165, 1.54) is 19.2 Å². The monoisotopic (exact) mass is 484 g/mol. The third kappa shape index (κ3) is 5.32. The zero-order chi connectivity index (χ0) is 24.9. The summed E-state index contributed by atoms with van der Waals surface area (Å²) in [5.41, 5.74) is 1.85. The summed E-state index contributed by atoms with van der Waals surface area (Å²) in [5.74, 6) is -0.612. The van der Waals surface area contributed by atoms with E-state index in [0.717, 1.165) is 0 Å². The minimum atomic E-state index is -0.786. The number of rotatable bonds is 7. The van der Waals surface area contributed by atoms with Crippen molar-refractivity contribution in [3.05, 3.63) is 65.1 Å². The van der Waals surface area contributed by atoms with Crippen LogP contribution in [0.1, 0.15) is 18.5 Å². The predicted molar refractivity (Wildman–Crippen MR) is 128 cm³/mol. The fourth-order valence-corrected chi connectivity index (χ4v) is 4.40. The van der Waals surface area contributed by atoms with Gasteiger partial charge in [-0.1, -0.05) is 18.2 Å². The van der Waals surface area contributed by atoms with Gasteiger partial charge in [0.25, 0.3) is 0 Å². The molecule has 0 aromatic heterocycles. The average Bonchev–Trinajstić information content (AvgIpc) is 2.85. The first kappa shape index (κ1) is 24.3. The van der Waals surface area contributed by atoms with E-state index in [-0.39, 0.29) is 22.9 Å². The molecule has 0 aliphatic carbocycles. The SMILES string of the molecule is CCOc1cc(C2NC(=O)NC(CN3CCN(c4ccccc4F)CC3)=C2C(=O)OC)ccc1O. The number of carbonyl (C=O) groups excluding carboxylic acids is 2. The van der Waals surface area contributed by atoms with Crippen LogP contribution in [0.3, 0.4) is 0 Å². The Morgan fingerprint density at radius 2 is 1.91 bits per heavy atom. The van der Waals surface area contributed by atoms with Gasteiger partial charge in [0.15, 0.2) is 11.5 Å². The first-order chi connectivity index (χ1) is 16.9. The zero-order valence-electron chi connectivity index (χ0n) is 19.7. The second-order valence-corrected chi connectivity index (χ2v) is 8.29. The summed E-state index contributed by atoms with van der Waals surface area (Å²) in [5, 5.41) is 15.6. The van der Waals surface area contributed by atoms with Crippen molar-refractivity contribution in [3.8, 4) is 11.5 Å². The van der Waals surface area contributed by atoms with Crippen LogP contribution in [0.15, 0.2) is 53.7 Å². The molecule has 2 aliphatic heterocycles. The molecule has 3 N–H and O–H groups in total. The molecule has 4 rings (SSSR count). The molecule has 1 atom stereocenters. The Hall–Kier alpha value is -3.79. The molecule has 0 spiro atoms. The number of benzene rings is 2. The Labute approximate surface area is 203 Å². The van der Waals surface area contributed by atoms with Crippen molar-refractivity contribution in [2.24, 2.45) is 0 Å². The standard InChI is InChI=1S/C25H29FN4O5/c1-3-35-21-14-16(8-9-20(21)31)23-22(24(32)34-2)18(27-25(33)28-23)15-29-10-12-30(13-11-29)19-7-5-4-6-17(19)26/h4-9,14,23,31H,3,10-13,15H2,1-2H3,(H2,27,28,33). The van der Waals surface area contributed by atoms with Crippen molar-refractivity contribution in [1.82, 2.24) is 15.5 Å². The molecular weight excluding hydrogens is 455 g/mol. The van der Waals surface area contributed by atoms with Crippen LogP contribution < -0.4 is 20.3 Å². The minimum absolute atomic E-state index is 0.0348. The van der Waals surface area contributed by atoms with Crippen LogP contribution in [0, 0.1) is 5.82 Å². The molecular formula is C25H29FN4O5. The maximum absolute atomic E-state index is 14.2. The van der Waals surface area contributed by atoms with Gasteiger partial charge in [-0.05, 0) is 36.8 Å². The van der Waals surface area contributed by atoms with Crippen LogP contribution in [-0.4, -0.2) is 68.4 Å². The molecule has 186 valence electrons. The van der Waals surface area contributed by atoms with Crippen LogP contribution in [0.25, 0.3) is 0 Å². The van der Waals surface area contributed by atoms with Gasteiger partial charge >= 0.3 is 12.0 Å². The summed E-state index contributed by atoms with van der Waals surface area (Å²) >= 11 is 0. The highest BCUT2D eigenvalue weighted by Crippen LogP contribution is 2.34. The molecule has 0 radical (unpaired) electrons. The number of hydrogen-bond donors (Lipinski definition) is 3. The molecule has 35 heavy (non-hydrogen) atoms. The Morgan fingerprint density at radius 1 is 1.17 bits per heavy atom. The fraction of sp³-hybridized carbons (Fsp3) is 0.360. The van der Waals surface area contributed by atoms with E-state index in [1.807, 2.05) is 11.0 Å². The van der Waals surface area contributed by atoms with Gasteiger partial charge in [-0.2, -0.15) is 0 Å². The Balaban J connectivity index is 1.58. The highest BCUT2D eigenvalue weighted by molar-refractivity contribution is 5.95. The topological polar surface area (TPSA) is 103 Å². The van der Waals surface area contributed by atoms with Crippen molar-refractivity contribution in [1.29, 1.82) is 0 Å². The number of para-hydroxylation sites is 1. The molecule has 9 nitrogen and oxygen atoms in total. The van der Waals surface area contributed by atoms with Crippen molar-refractivity contribution < 1.29 is 28.6 Å². The maximum Gasteiger partial charge on any atom is 0.338 e. The maximum atomic E-state index is 14.2. The Bertz CT molecular complexity index is 1130. The number of nitrogens with zero attached hydrogens (tertiary/aromatic N) is 2. The number of phenols is 1. The van der Waals surface area contributed by atoms with Crippen LogP contribution in [0.5, 0.6) is 11.5 Å². The molecule has 2 heterocycles. The summed E-state index contributed by atoms with van der Waals surface area (Å²) < 4.78 is 24.7. The van der Waals surface area contributed by atoms with E-state index in [9.17, 15) is 19.1 Å². The van der Waals surface area contributed by atoms with Gasteiger partial charge in [-0.25, -0.2) is 14.0 Å². The lowest BCUT2D eigenvalue weighted by Gasteiger charge is -2.38. The summed E-state index contributed by atoms with van der Waals surface area (Å²) in [7, 11) is 1.29. The number of esters is 1. The predicted octanol–water partition coefficient (Wildman–Crippen LogP) is 2.53. The second kappa shape index (κ2) is 10.6. The van der Waals surface area contributed by atoms with Gasteiger partial charge in [-0.15, -0.1) is 0 Å². The van der Waals surface area contributed by atoms with E-state index in [0.29, 0.717) is 56.3 Å². The summed E-state index contributed by atoms with van der Waals surface area (Å²) in [6.07, 6.45) is 0. The van der Waals surface area contributed by atoms with E-state index in [1.54, 1.807) is 31.2 Å². The lowest BCUT2D eigenvalue weighted by molar-refractivity contribution is -0.136. The Morgan fingerprint density at radius 3 is 2.60 bits per heavy atom. The largest absolute Gasteiger partial charge is 0.504 e. The number of aromatic hydroxyl groups is 1. The van der Waals surface area contributed by atoms with Crippen molar-refractivity contribution in [3.63, 3.8) is 0 Å². The first-order valence-electron chi connectivity index (χ1n) is 11.5. The third-order valence-electron chi connectivity index (χ3n) is 6.12. The normalized spacial score (nSPS) is 18.7. The number of phenolic OH excluding ortho intramolecular Hbond substituents is 1. The minimum Gasteiger partial charge on any atom is -0.504 e. The number of urea groups is 1. The summed E-state index contributed by atoms with van der Waals surface area (Å²) in [4.78, 5) is 29.5. The quantitative estimate of drug-likeness (QED) is 0.519. The number of carbonyl (C=O) groups is 2. The molecule has 2 aromatic carbocycles. The van der Waals surface area contributed by atoms with Crippen LogP contribution in [-0.2, 0) is 9.53 Å². The van der Waals surface area contributed by atoms with E-state index < -0.39 is 18.0 Å². The molecule has 2 amide bonds. The van der Waals surface area contributed by atoms with Crippen LogP contribution in [0.2, 0.25) is 0 Å². The van der Waals surface area contributed by atoms with Gasteiger partial charge in [0.05, 0.1) is 31.0 Å². The number of amides is 2. The van der Waals surface area contributed by atoms with E-state index >= 15 is 0 Å². The summed E-state index contributed by atoms with van der Waals surface area (Å²) in [6.45, 7) is 4.90. The van der Waals surface area contributed by atoms with Crippen molar-refractivity contribution >= 4 is 17.7 Å². The van der Waals surface area contributed by atoms with Gasteiger partial charge in [0.1, 0.15) is 5.82 Å². The molecule has 2 aliphatic rings. The van der Waals surface area contributed by atoms with Gasteiger partial charge in [-0.3, -0.25) is 4.90 Å². The first-order valence-corrected chi connectivity index (χ1v) is 11.5. The van der Waals surface area contributed by atoms with Crippen LogP contribution in [0.4, 0.5) is 14.9 Å². The van der Waals surface area contributed by atoms with Gasteiger partial charge < -0.3 is 30.1 Å². The summed E-state index contributed by atoms with van der Waals surface area (Å²) in [6, 6.07) is 10.1. The number of ether oxygens (including phenoxy) is 2. The third-order valence-corrected chi connectivity index (χ3v) is 6.12. The number of piperazine rings is 1. The lowest BCUT2D eigenvalue weighted by Crippen LogP contribution is -2.51. The van der Waals surface area contributed by atoms with E-state index in [4.69, 9.17) is 9.47 Å². The van der Waals surface area contributed by atoms with Crippen molar-refractivity contribution in [2.45, 2.75) is 13.0 Å². The zero-order valence-corrected chi connectivity index (χ0v) is 19.7. The number of nitrogens with one attached hydrogen (secondary N) is 2. The van der Waals surface area contributed by atoms with Crippen molar-refractivity contribution in [2.75, 3.05) is 51.3 Å². The molecule has 10 heteroatoms. The van der Waals surface area contributed by atoms with Gasteiger partial charge in [0.2, 0.25) is 0 Å². The molecule has 1 saturated heterocycles. The van der Waals surface area contributed by atoms with Crippen LogP contribution >= 0.6 is 0 Å².